The summed E-state index contributed by atoms with van der Waals surface area (Å²) in [6.07, 6.45) is 14.0. The van der Waals surface area contributed by atoms with Crippen LogP contribution in [-0.2, 0) is 16.5 Å². The third-order valence-electron chi connectivity index (χ3n) is 7.42. The first kappa shape index (κ1) is 36.0. The predicted molar refractivity (Wildman–Crippen MR) is 207 cm³/mol. The van der Waals surface area contributed by atoms with Crippen molar-refractivity contribution in [1.29, 1.82) is 0 Å². The number of hydrogen-bond donors (Lipinski definition) is 0. The van der Waals surface area contributed by atoms with Crippen LogP contribution >= 0.6 is 15.8 Å². The van der Waals surface area contributed by atoms with Crippen molar-refractivity contribution in [3.05, 3.63) is 206 Å². The topological polar surface area (TPSA) is 0 Å². The number of benzene rings is 6. The van der Waals surface area contributed by atoms with E-state index in [1.54, 1.807) is 0 Å². The number of allylic oxidation sites excluding steroid dienone is 4. The fraction of sp³-hybridized carbons (Fsp3) is 0.0909. The molecule has 3 heteroatoms. The molecule has 0 spiro atoms. The van der Waals surface area contributed by atoms with Gasteiger partial charge >= 0.3 is 0 Å². The molecule has 0 saturated carbocycles. The molecule has 0 aromatic heterocycles. The van der Waals surface area contributed by atoms with Gasteiger partial charge in [0.2, 0.25) is 0 Å². The van der Waals surface area contributed by atoms with Crippen molar-refractivity contribution in [3.63, 3.8) is 0 Å². The molecule has 1 aliphatic carbocycles. The molecule has 0 heterocycles. The largest absolute Gasteiger partial charge is 0.0882 e. The summed E-state index contributed by atoms with van der Waals surface area (Å²) in [4.78, 5) is 0. The van der Waals surface area contributed by atoms with Crippen LogP contribution in [0.3, 0.4) is 0 Å². The van der Waals surface area contributed by atoms with Crippen molar-refractivity contribution in [3.8, 4) is 0 Å². The average molecular weight is 691 g/mol. The SMILES string of the molecule is C1=C\CC/C=C\CC/1.[Ni].c1ccc(P(c2ccccc2)c2ccccc2)cc1.c1ccc(P(c2ccccc2)c2ccccc2)cc1. The molecule has 6 aromatic rings. The first-order valence-electron chi connectivity index (χ1n) is 16.1. The summed E-state index contributed by atoms with van der Waals surface area (Å²) in [5.74, 6) is 0. The Hall–Kier alpha value is -3.85. The first-order valence-corrected chi connectivity index (χ1v) is 18.8. The quantitative estimate of drug-likeness (QED) is 0.0928. The van der Waals surface area contributed by atoms with E-state index < -0.39 is 15.8 Å². The molecule has 0 atom stereocenters. The van der Waals surface area contributed by atoms with Gasteiger partial charge in [-0.05, 0) is 73.4 Å². The zero-order chi connectivity index (χ0) is 31.5. The molecule has 47 heavy (non-hydrogen) atoms. The van der Waals surface area contributed by atoms with Crippen molar-refractivity contribution in [2.75, 3.05) is 0 Å². The Morgan fingerprint density at radius 3 is 0.532 bits per heavy atom. The second-order valence-electron chi connectivity index (χ2n) is 10.8. The van der Waals surface area contributed by atoms with Gasteiger partial charge in [0.1, 0.15) is 0 Å². The minimum Gasteiger partial charge on any atom is -0.0882 e. The third kappa shape index (κ3) is 11.7. The van der Waals surface area contributed by atoms with Crippen LogP contribution in [0.4, 0.5) is 0 Å². The van der Waals surface area contributed by atoms with Crippen molar-refractivity contribution in [2.45, 2.75) is 25.7 Å². The van der Waals surface area contributed by atoms with Gasteiger partial charge in [-0.15, -0.1) is 0 Å². The molecule has 0 fully saturated rings. The Balaban J connectivity index is 0.000000171. The second kappa shape index (κ2) is 21.1. The zero-order valence-electron chi connectivity index (χ0n) is 26.7. The molecule has 6 aromatic carbocycles. The van der Waals surface area contributed by atoms with Crippen LogP contribution in [0.1, 0.15) is 25.7 Å². The Morgan fingerprint density at radius 1 is 0.234 bits per heavy atom. The smallest absolute Gasteiger partial charge is 0 e. The van der Waals surface area contributed by atoms with Gasteiger partial charge in [0.25, 0.3) is 0 Å². The maximum atomic E-state index is 2.27. The number of rotatable bonds is 6. The minimum atomic E-state index is -0.446. The van der Waals surface area contributed by atoms with Gasteiger partial charge in [0.05, 0.1) is 0 Å². The van der Waals surface area contributed by atoms with E-state index in [1.165, 1.54) is 57.5 Å². The van der Waals surface area contributed by atoms with Gasteiger partial charge in [-0.1, -0.05) is 206 Å². The van der Waals surface area contributed by atoms with E-state index in [9.17, 15) is 0 Å². The van der Waals surface area contributed by atoms with Gasteiger partial charge < -0.3 is 0 Å². The Labute approximate surface area is 294 Å². The molecule has 0 amide bonds. The van der Waals surface area contributed by atoms with Crippen LogP contribution < -0.4 is 31.8 Å². The fourth-order valence-corrected chi connectivity index (χ4v) is 9.82. The Morgan fingerprint density at radius 2 is 0.383 bits per heavy atom. The minimum absolute atomic E-state index is 0. The molecular weight excluding hydrogens is 649 g/mol. The maximum Gasteiger partial charge on any atom is 0 e. The molecule has 0 aliphatic heterocycles. The van der Waals surface area contributed by atoms with Crippen molar-refractivity contribution >= 4 is 47.7 Å². The predicted octanol–water partition coefficient (Wildman–Crippen LogP) is 9.56. The summed E-state index contributed by atoms with van der Waals surface area (Å²) >= 11 is 0. The van der Waals surface area contributed by atoms with Crippen LogP contribution in [0.2, 0.25) is 0 Å². The zero-order valence-corrected chi connectivity index (χ0v) is 29.4. The van der Waals surface area contributed by atoms with Gasteiger partial charge in [0, 0.05) is 16.5 Å². The van der Waals surface area contributed by atoms with E-state index in [1.807, 2.05) is 0 Å². The third-order valence-corrected chi connectivity index (χ3v) is 12.3. The molecule has 7 rings (SSSR count). The number of hydrogen-bond acceptors (Lipinski definition) is 0. The summed E-state index contributed by atoms with van der Waals surface area (Å²) in [7, 11) is -0.892. The van der Waals surface area contributed by atoms with Crippen molar-refractivity contribution in [2.24, 2.45) is 0 Å². The standard InChI is InChI=1S/2C18H15P.C8H12.Ni/c2*1-4-10-16(11-5-1)19(17-12-6-2-7-13-17)18-14-8-3-9-15-18;1-2-4-6-8-7-5-3-1;/h2*1-15H;1-2,7-8H,3-6H2;/b;;2-1-,8-7-;. The van der Waals surface area contributed by atoms with Crippen LogP contribution in [0, 0.1) is 0 Å². The van der Waals surface area contributed by atoms with Crippen molar-refractivity contribution in [1.82, 2.24) is 0 Å². The van der Waals surface area contributed by atoms with Gasteiger partial charge in [-0.2, -0.15) is 0 Å². The van der Waals surface area contributed by atoms with Gasteiger partial charge in [-0.25, -0.2) is 0 Å². The van der Waals surface area contributed by atoms with Crippen LogP contribution in [0.25, 0.3) is 0 Å². The van der Waals surface area contributed by atoms with E-state index in [2.05, 4.69) is 206 Å². The molecule has 1 aliphatic rings. The summed E-state index contributed by atoms with van der Waals surface area (Å²) in [5.41, 5.74) is 0. The second-order valence-corrected chi connectivity index (χ2v) is 15.2. The van der Waals surface area contributed by atoms with Crippen LogP contribution in [-0.4, -0.2) is 0 Å². The monoisotopic (exact) mass is 690 g/mol. The Bertz CT molecular complexity index is 1380. The summed E-state index contributed by atoms with van der Waals surface area (Å²) in [5, 5.41) is 8.39. The first-order chi connectivity index (χ1) is 22.9. The summed E-state index contributed by atoms with van der Waals surface area (Å²) in [6, 6.07) is 64.7. The molecule has 0 bridgehead atoms. The molecule has 238 valence electrons. The molecule has 0 saturated heterocycles. The van der Waals surface area contributed by atoms with E-state index in [4.69, 9.17) is 0 Å². The Kier molecular flexibility index (Phi) is 16.2. The molecule has 0 N–H and O–H groups in total. The van der Waals surface area contributed by atoms with Gasteiger partial charge in [-0.3, -0.25) is 0 Å². The van der Waals surface area contributed by atoms with Crippen LogP contribution in [0.5, 0.6) is 0 Å². The van der Waals surface area contributed by atoms with Crippen LogP contribution in [0.15, 0.2) is 206 Å². The summed E-state index contributed by atoms with van der Waals surface area (Å²) in [6.45, 7) is 0. The molecule has 0 unspecified atom stereocenters. The molecular formula is C44H42NiP2. The fourth-order valence-electron chi connectivity index (χ4n) is 5.21. The summed E-state index contributed by atoms with van der Waals surface area (Å²) < 4.78 is 0. The van der Waals surface area contributed by atoms with E-state index in [0.717, 1.165) is 0 Å². The van der Waals surface area contributed by atoms with Crippen molar-refractivity contribution < 1.29 is 16.5 Å². The normalized spacial score (nSPS) is 13.3. The van der Waals surface area contributed by atoms with E-state index in [0.29, 0.717) is 0 Å². The van der Waals surface area contributed by atoms with Gasteiger partial charge in [0.15, 0.2) is 0 Å². The van der Waals surface area contributed by atoms with E-state index >= 15 is 0 Å². The maximum absolute atomic E-state index is 2.27. The molecule has 0 nitrogen and oxygen atoms in total. The molecule has 0 radical (unpaired) electrons. The average Bonchev–Trinajstić information content (AvgIpc) is 3.12. The van der Waals surface area contributed by atoms with E-state index in [-0.39, 0.29) is 16.5 Å².